The second-order valence-corrected chi connectivity index (χ2v) is 5.87. The third-order valence-electron chi connectivity index (χ3n) is 2.59. The first-order valence-electron chi connectivity index (χ1n) is 5.27. The summed E-state index contributed by atoms with van der Waals surface area (Å²) in [6, 6.07) is 1.31. The summed E-state index contributed by atoms with van der Waals surface area (Å²) in [7, 11) is -3.16. The van der Waals surface area contributed by atoms with Crippen LogP contribution in [0.4, 0.5) is 0 Å². The molecule has 7 heteroatoms. The fourth-order valence-corrected chi connectivity index (χ4v) is 3.61. The highest BCUT2D eigenvalue weighted by molar-refractivity contribution is 8.24. The van der Waals surface area contributed by atoms with Gasteiger partial charge in [-0.25, -0.2) is 4.79 Å². The standard InChI is InChI=1S/C10H16N2O4S/c1-3-7(4-2)17(15,16)8-5-6-11-12-9(8)10(13)14/h5-7,15-16H,3-4H2,1-2H3,(H,13,14). The van der Waals surface area contributed by atoms with Crippen LogP contribution in [0.5, 0.6) is 0 Å². The largest absolute Gasteiger partial charge is 0.476 e. The summed E-state index contributed by atoms with van der Waals surface area (Å²) in [4.78, 5) is 10.9. The fourth-order valence-electron chi connectivity index (χ4n) is 1.64. The average molecular weight is 260 g/mol. The van der Waals surface area contributed by atoms with Crippen LogP contribution in [0.15, 0.2) is 17.2 Å². The normalized spacial score (nSPS) is 12.8. The van der Waals surface area contributed by atoms with Crippen molar-refractivity contribution in [3.63, 3.8) is 0 Å². The van der Waals surface area contributed by atoms with Gasteiger partial charge in [-0.05, 0) is 18.9 Å². The van der Waals surface area contributed by atoms with E-state index in [1.54, 1.807) is 0 Å². The van der Waals surface area contributed by atoms with Gasteiger partial charge in [0.05, 0.1) is 16.3 Å². The van der Waals surface area contributed by atoms with E-state index in [0.717, 1.165) is 0 Å². The lowest BCUT2D eigenvalue weighted by Crippen LogP contribution is -2.20. The van der Waals surface area contributed by atoms with Crippen LogP contribution in [0.2, 0.25) is 0 Å². The molecule has 0 aliphatic rings. The van der Waals surface area contributed by atoms with Gasteiger partial charge in [0, 0.05) is 0 Å². The van der Waals surface area contributed by atoms with Crippen LogP contribution in [0.3, 0.4) is 0 Å². The number of carboxylic acids is 1. The summed E-state index contributed by atoms with van der Waals surface area (Å²) in [6.45, 7) is 3.66. The number of hydrogen-bond acceptors (Lipinski definition) is 5. The molecule has 0 saturated heterocycles. The summed E-state index contributed by atoms with van der Waals surface area (Å²) in [5.74, 6) is -1.31. The van der Waals surface area contributed by atoms with Gasteiger partial charge in [0.2, 0.25) is 0 Å². The molecule has 1 aromatic heterocycles. The van der Waals surface area contributed by atoms with Crippen molar-refractivity contribution >= 4 is 16.6 Å². The summed E-state index contributed by atoms with van der Waals surface area (Å²) >= 11 is 0. The second-order valence-electron chi connectivity index (χ2n) is 3.58. The maximum absolute atomic E-state index is 11.0. The van der Waals surface area contributed by atoms with E-state index in [9.17, 15) is 13.9 Å². The Bertz CT molecular complexity index is 407. The van der Waals surface area contributed by atoms with Crippen molar-refractivity contribution in [2.45, 2.75) is 36.8 Å². The van der Waals surface area contributed by atoms with Crippen molar-refractivity contribution in [1.29, 1.82) is 0 Å². The SMILES string of the molecule is CCC(CC)S(O)(O)c1ccnnc1C(=O)O. The smallest absolute Gasteiger partial charge is 0.358 e. The van der Waals surface area contributed by atoms with E-state index in [2.05, 4.69) is 10.2 Å². The predicted molar refractivity (Wildman–Crippen MR) is 64.5 cm³/mol. The predicted octanol–water partition coefficient (Wildman–Crippen LogP) is 2.47. The van der Waals surface area contributed by atoms with Crippen LogP contribution in [-0.4, -0.2) is 35.6 Å². The van der Waals surface area contributed by atoms with Crippen LogP contribution < -0.4 is 0 Å². The molecule has 17 heavy (non-hydrogen) atoms. The van der Waals surface area contributed by atoms with Gasteiger partial charge in [0.25, 0.3) is 0 Å². The van der Waals surface area contributed by atoms with E-state index in [-0.39, 0.29) is 15.8 Å². The van der Waals surface area contributed by atoms with Gasteiger partial charge in [-0.2, -0.15) is 15.7 Å². The molecular formula is C10H16N2O4S. The van der Waals surface area contributed by atoms with E-state index in [4.69, 9.17) is 5.11 Å². The molecule has 0 spiro atoms. The number of carbonyl (C=O) groups is 1. The Hall–Kier alpha value is -1.18. The molecule has 0 saturated carbocycles. The van der Waals surface area contributed by atoms with Crippen molar-refractivity contribution in [3.8, 4) is 0 Å². The van der Waals surface area contributed by atoms with Crippen LogP contribution in [0.25, 0.3) is 0 Å². The fraction of sp³-hybridized carbons (Fsp3) is 0.500. The average Bonchev–Trinajstić information content (AvgIpc) is 2.30. The van der Waals surface area contributed by atoms with Crippen molar-refractivity contribution < 1.29 is 19.0 Å². The number of carboxylic acid groups (broad SMARTS) is 1. The maximum atomic E-state index is 11.0. The van der Waals surface area contributed by atoms with E-state index in [0.29, 0.717) is 12.8 Å². The van der Waals surface area contributed by atoms with Gasteiger partial charge < -0.3 is 5.11 Å². The summed E-state index contributed by atoms with van der Waals surface area (Å²) in [6.07, 6.45) is 2.37. The second kappa shape index (κ2) is 5.44. The third-order valence-corrected chi connectivity index (χ3v) is 5.16. The van der Waals surface area contributed by atoms with E-state index in [1.807, 2.05) is 13.8 Å². The zero-order valence-corrected chi connectivity index (χ0v) is 10.5. The first-order valence-corrected chi connectivity index (χ1v) is 6.88. The highest BCUT2D eigenvalue weighted by Crippen LogP contribution is 2.55. The number of aromatic carboxylic acids is 1. The molecule has 0 amide bonds. The molecule has 0 bridgehead atoms. The van der Waals surface area contributed by atoms with Crippen molar-refractivity contribution in [3.05, 3.63) is 18.0 Å². The first-order chi connectivity index (χ1) is 7.95. The zero-order valence-electron chi connectivity index (χ0n) is 9.70. The number of hydrogen-bond donors (Lipinski definition) is 3. The molecule has 0 atom stereocenters. The van der Waals surface area contributed by atoms with Crippen LogP contribution >= 0.6 is 10.6 Å². The van der Waals surface area contributed by atoms with Crippen molar-refractivity contribution in [2.75, 3.05) is 0 Å². The molecule has 1 rings (SSSR count). The van der Waals surface area contributed by atoms with E-state index < -0.39 is 16.6 Å². The van der Waals surface area contributed by atoms with Crippen LogP contribution in [0, 0.1) is 0 Å². The Morgan fingerprint density at radius 1 is 1.41 bits per heavy atom. The zero-order chi connectivity index (χ0) is 13.1. The van der Waals surface area contributed by atoms with Gasteiger partial charge in [-0.15, -0.1) is 5.10 Å². The molecule has 1 aromatic rings. The Labute approximate surface area is 101 Å². The summed E-state index contributed by atoms with van der Waals surface area (Å²) in [5, 5.41) is 15.5. The Morgan fingerprint density at radius 2 is 2.00 bits per heavy atom. The highest BCUT2D eigenvalue weighted by Gasteiger charge is 2.30. The molecule has 96 valence electrons. The quantitative estimate of drug-likeness (QED) is 0.751. The lowest BCUT2D eigenvalue weighted by molar-refractivity contribution is 0.0684. The maximum Gasteiger partial charge on any atom is 0.358 e. The topological polar surface area (TPSA) is 104 Å². The lowest BCUT2D eigenvalue weighted by atomic mass is 10.3. The number of aromatic nitrogens is 2. The minimum Gasteiger partial charge on any atom is -0.476 e. The van der Waals surface area contributed by atoms with Crippen LogP contribution in [0.1, 0.15) is 37.2 Å². The van der Waals surface area contributed by atoms with Crippen LogP contribution in [-0.2, 0) is 0 Å². The molecule has 0 radical (unpaired) electrons. The molecule has 3 N–H and O–H groups in total. The van der Waals surface area contributed by atoms with Gasteiger partial charge in [0.15, 0.2) is 5.69 Å². The van der Waals surface area contributed by atoms with E-state index >= 15 is 0 Å². The highest BCUT2D eigenvalue weighted by atomic mass is 32.3. The molecule has 0 fully saturated rings. The molecule has 6 nitrogen and oxygen atoms in total. The first kappa shape index (κ1) is 13.9. The monoisotopic (exact) mass is 260 g/mol. The Kier molecular flexibility index (Phi) is 4.44. The van der Waals surface area contributed by atoms with Gasteiger partial charge in [-0.1, -0.05) is 13.8 Å². The van der Waals surface area contributed by atoms with Gasteiger partial charge >= 0.3 is 5.97 Å². The molecular weight excluding hydrogens is 244 g/mol. The van der Waals surface area contributed by atoms with Gasteiger partial charge in [0.1, 0.15) is 0 Å². The lowest BCUT2D eigenvalue weighted by Gasteiger charge is -2.39. The molecule has 0 unspecified atom stereocenters. The van der Waals surface area contributed by atoms with Gasteiger partial charge in [-0.3, -0.25) is 9.11 Å². The molecule has 0 aliphatic carbocycles. The molecule has 1 heterocycles. The van der Waals surface area contributed by atoms with Crippen molar-refractivity contribution in [1.82, 2.24) is 10.2 Å². The summed E-state index contributed by atoms with van der Waals surface area (Å²) in [5.41, 5.74) is -0.389. The number of rotatable bonds is 5. The minimum absolute atomic E-state index is 0.0336. The molecule has 0 aliphatic heterocycles. The third kappa shape index (κ3) is 2.74. The number of nitrogens with zero attached hydrogens (tertiary/aromatic N) is 2. The minimum atomic E-state index is -3.16. The Balaban J connectivity index is 3.27. The van der Waals surface area contributed by atoms with E-state index in [1.165, 1.54) is 12.3 Å². The van der Waals surface area contributed by atoms with Crippen molar-refractivity contribution in [2.24, 2.45) is 0 Å². The molecule has 0 aromatic carbocycles. The Morgan fingerprint density at radius 3 is 2.47 bits per heavy atom. The summed E-state index contributed by atoms with van der Waals surface area (Å²) < 4.78 is 20.4.